The highest BCUT2D eigenvalue weighted by Gasteiger charge is 2.30. The van der Waals surface area contributed by atoms with Crippen LogP contribution in [0.3, 0.4) is 0 Å². The fourth-order valence-electron chi connectivity index (χ4n) is 1.93. The first-order valence-electron chi connectivity index (χ1n) is 5.72. The summed E-state index contributed by atoms with van der Waals surface area (Å²) < 4.78 is 10.1. The number of pyridine rings is 1. The van der Waals surface area contributed by atoms with Crippen LogP contribution >= 0.6 is 11.6 Å². The summed E-state index contributed by atoms with van der Waals surface area (Å²) in [7, 11) is 1.38. The third-order valence-electron chi connectivity index (χ3n) is 2.85. The number of carbonyl (C=O) groups excluding carboxylic acids is 1. The maximum absolute atomic E-state index is 11.6. The van der Waals surface area contributed by atoms with Gasteiger partial charge in [-0.3, -0.25) is 9.69 Å². The van der Waals surface area contributed by atoms with Crippen LogP contribution in [0.4, 0.5) is 0 Å². The molecule has 0 N–H and O–H groups in total. The summed E-state index contributed by atoms with van der Waals surface area (Å²) in [5.41, 5.74) is 0.832. The van der Waals surface area contributed by atoms with Crippen molar-refractivity contribution in [3.63, 3.8) is 0 Å². The monoisotopic (exact) mass is 270 g/mol. The number of carbonyl (C=O) groups is 1. The second kappa shape index (κ2) is 6.13. The Bertz CT molecular complexity index is 428. The molecule has 0 bridgehead atoms. The third-order valence-corrected chi connectivity index (χ3v) is 3.06. The fourth-order valence-corrected chi connectivity index (χ4v) is 2.11. The zero-order valence-corrected chi connectivity index (χ0v) is 10.9. The first-order chi connectivity index (χ1) is 8.70. The number of methoxy groups -OCH3 is 1. The summed E-state index contributed by atoms with van der Waals surface area (Å²) in [4.78, 5) is 17.9. The predicted octanol–water partition coefficient (Wildman–Crippen LogP) is 1.11. The smallest absolute Gasteiger partial charge is 0.325 e. The Kier molecular flexibility index (Phi) is 4.52. The lowest BCUT2D eigenvalue weighted by Crippen LogP contribution is -2.49. The minimum atomic E-state index is -0.371. The van der Waals surface area contributed by atoms with Gasteiger partial charge < -0.3 is 9.47 Å². The Morgan fingerprint density at radius 1 is 1.67 bits per heavy atom. The van der Waals surface area contributed by atoms with Gasteiger partial charge in [0.2, 0.25) is 0 Å². The molecule has 1 atom stereocenters. The van der Waals surface area contributed by atoms with Crippen molar-refractivity contribution in [3.05, 3.63) is 29.0 Å². The number of hydrogen-bond acceptors (Lipinski definition) is 5. The van der Waals surface area contributed by atoms with E-state index in [4.69, 9.17) is 21.1 Å². The van der Waals surface area contributed by atoms with Crippen molar-refractivity contribution in [2.45, 2.75) is 12.6 Å². The molecule has 98 valence electrons. The molecule has 0 saturated carbocycles. The lowest BCUT2D eigenvalue weighted by atomic mass is 10.2. The number of aromatic nitrogens is 1. The highest BCUT2D eigenvalue weighted by Crippen LogP contribution is 2.14. The van der Waals surface area contributed by atoms with Crippen molar-refractivity contribution in [3.8, 4) is 0 Å². The van der Waals surface area contributed by atoms with Crippen molar-refractivity contribution in [2.24, 2.45) is 0 Å². The van der Waals surface area contributed by atoms with Gasteiger partial charge >= 0.3 is 5.97 Å². The van der Waals surface area contributed by atoms with Gasteiger partial charge in [0.25, 0.3) is 0 Å². The van der Waals surface area contributed by atoms with Crippen LogP contribution in [0.2, 0.25) is 5.15 Å². The molecular weight excluding hydrogens is 256 g/mol. The number of esters is 1. The fraction of sp³-hybridized carbons (Fsp3) is 0.500. The van der Waals surface area contributed by atoms with Crippen LogP contribution in [-0.2, 0) is 20.8 Å². The largest absolute Gasteiger partial charge is 0.468 e. The average molecular weight is 271 g/mol. The Balaban J connectivity index is 2.07. The molecule has 18 heavy (non-hydrogen) atoms. The Morgan fingerprint density at radius 3 is 3.22 bits per heavy atom. The van der Waals surface area contributed by atoms with E-state index < -0.39 is 0 Å². The van der Waals surface area contributed by atoms with Crippen LogP contribution in [0, 0.1) is 0 Å². The molecule has 2 rings (SSSR count). The topological polar surface area (TPSA) is 51.7 Å². The maximum Gasteiger partial charge on any atom is 0.325 e. The summed E-state index contributed by atoms with van der Waals surface area (Å²) >= 11 is 5.84. The summed E-state index contributed by atoms with van der Waals surface area (Å²) in [5.74, 6) is -0.281. The molecule has 2 heterocycles. The van der Waals surface area contributed by atoms with Crippen molar-refractivity contribution < 1.29 is 14.3 Å². The molecule has 1 saturated heterocycles. The van der Waals surface area contributed by atoms with Crippen LogP contribution in [0.5, 0.6) is 0 Å². The lowest BCUT2D eigenvalue weighted by Gasteiger charge is -2.33. The molecule has 1 aromatic heterocycles. The molecule has 0 amide bonds. The van der Waals surface area contributed by atoms with E-state index >= 15 is 0 Å². The molecule has 1 unspecified atom stereocenters. The summed E-state index contributed by atoms with van der Waals surface area (Å²) in [5, 5.41) is 0.454. The van der Waals surface area contributed by atoms with Gasteiger partial charge in [-0.2, -0.15) is 0 Å². The highest BCUT2D eigenvalue weighted by molar-refractivity contribution is 6.29. The second-order valence-corrected chi connectivity index (χ2v) is 4.42. The second-order valence-electron chi connectivity index (χ2n) is 4.04. The number of nitrogens with zero attached hydrogens (tertiary/aromatic N) is 2. The number of hydrogen-bond donors (Lipinski definition) is 0. The molecule has 6 heteroatoms. The van der Waals surface area contributed by atoms with E-state index in [1.807, 2.05) is 17.0 Å². The third kappa shape index (κ3) is 3.19. The van der Waals surface area contributed by atoms with Gasteiger partial charge in [-0.05, 0) is 12.1 Å². The maximum atomic E-state index is 11.6. The van der Waals surface area contributed by atoms with Gasteiger partial charge in [0.15, 0.2) is 0 Å². The van der Waals surface area contributed by atoms with Gasteiger partial charge in [0.05, 0.1) is 26.0 Å². The minimum absolute atomic E-state index is 0.281. The number of halogens is 1. The number of morpholine rings is 1. The minimum Gasteiger partial charge on any atom is -0.468 e. The van der Waals surface area contributed by atoms with Gasteiger partial charge in [-0.15, -0.1) is 0 Å². The normalized spacial score (nSPS) is 20.7. The van der Waals surface area contributed by atoms with E-state index in [9.17, 15) is 4.79 Å². The molecule has 1 fully saturated rings. The standard InChI is InChI=1S/C12H15ClN2O3/c1-17-12(16)10-8-18-6-5-15(10)7-9-3-2-4-11(13)14-9/h2-4,10H,5-8H2,1H3. The van der Waals surface area contributed by atoms with E-state index in [0.717, 1.165) is 5.69 Å². The van der Waals surface area contributed by atoms with Gasteiger partial charge in [0, 0.05) is 13.1 Å². The molecule has 0 spiro atoms. The van der Waals surface area contributed by atoms with Gasteiger partial charge in [-0.1, -0.05) is 17.7 Å². The molecule has 0 aliphatic carbocycles. The molecule has 0 aromatic carbocycles. The van der Waals surface area contributed by atoms with E-state index in [1.54, 1.807) is 6.07 Å². The lowest BCUT2D eigenvalue weighted by molar-refractivity contribution is -0.153. The summed E-state index contributed by atoms with van der Waals surface area (Å²) in [6.07, 6.45) is 0. The molecular formula is C12H15ClN2O3. The Hall–Kier alpha value is -1.17. The van der Waals surface area contributed by atoms with Gasteiger partial charge in [0.1, 0.15) is 11.2 Å². The van der Waals surface area contributed by atoms with Crippen molar-refractivity contribution in [1.29, 1.82) is 0 Å². The first-order valence-corrected chi connectivity index (χ1v) is 6.09. The molecule has 1 aliphatic rings. The Morgan fingerprint density at radius 2 is 2.50 bits per heavy atom. The van der Waals surface area contributed by atoms with Crippen LogP contribution in [0.15, 0.2) is 18.2 Å². The van der Waals surface area contributed by atoms with Crippen molar-refractivity contribution in [2.75, 3.05) is 26.9 Å². The zero-order chi connectivity index (χ0) is 13.0. The van der Waals surface area contributed by atoms with Crippen LogP contribution in [-0.4, -0.2) is 48.8 Å². The number of rotatable bonds is 3. The van der Waals surface area contributed by atoms with Crippen LogP contribution in [0.25, 0.3) is 0 Å². The summed E-state index contributed by atoms with van der Waals surface area (Å²) in [6.45, 7) is 2.19. The van der Waals surface area contributed by atoms with E-state index in [0.29, 0.717) is 31.5 Å². The molecule has 0 radical (unpaired) electrons. The van der Waals surface area contributed by atoms with E-state index in [2.05, 4.69) is 4.98 Å². The molecule has 5 nitrogen and oxygen atoms in total. The highest BCUT2D eigenvalue weighted by atomic mass is 35.5. The van der Waals surface area contributed by atoms with Crippen LogP contribution < -0.4 is 0 Å². The zero-order valence-electron chi connectivity index (χ0n) is 10.1. The van der Waals surface area contributed by atoms with E-state index in [1.165, 1.54) is 7.11 Å². The van der Waals surface area contributed by atoms with Crippen molar-refractivity contribution >= 4 is 17.6 Å². The first kappa shape index (κ1) is 13.3. The molecule has 1 aliphatic heterocycles. The van der Waals surface area contributed by atoms with Crippen LogP contribution in [0.1, 0.15) is 5.69 Å². The summed E-state index contributed by atoms with van der Waals surface area (Å²) in [6, 6.07) is 5.08. The van der Waals surface area contributed by atoms with Crippen molar-refractivity contribution in [1.82, 2.24) is 9.88 Å². The predicted molar refractivity (Wildman–Crippen MR) is 66.3 cm³/mol. The number of ether oxygens (including phenoxy) is 2. The quantitative estimate of drug-likeness (QED) is 0.608. The average Bonchev–Trinajstić information content (AvgIpc) is 2.38. The van der Waals surface area contributed by atoms with E-state index in [-0.39, 0.29) is 12.0 Å². The van der Waals surface area contributed by atoms with Gasteiger partial charge in [-0.25, -0.2) is 4.98 Å². The SMILES string of the molecule is COC(=O)C1COCCN1Cc1cccc(Cl)n1. The Labute approximate surface area is 111 Å². The molecule has 1 aromatic rings.